The second-order valence-corrected chi connectivity index (χ2v) is 3.31. The molecule has 0 aliphatic rings. The summed E-state index contributed by atoms with van der Waals surface area (Å²) in [5, 5.41) is 11.8. The number of nitrogens with zero attached hydrogens (tertiary/aromatic N) is 1. The molecule has 0 aliphatic carbocycles. The van der Waals surface area contributed by atoms with Crippen molar-refractivity contribution < 1.29 is 9.90 Å². The molecule has 0 saturated heterocycles. The molecule has 2 N–H and O–H groups in total. The highest BCUT2D eigenvalue weighted by Crippen LogP contribution is 2.06. The van der Waals surface area contributed by atoms with Crippen molar-refractivity contribution in [2.75, 3.05) is 6.54 Å². The van der Waals surface area contributed by atoms with Crippen molar-refractivity contribution in [3.8, 4) is 0 Å². The van der Waals surface area contributed by atoms with Gasteiger partial charge in [-0.1, -0.05) is 11.6 Å². The maximum absolute atomic E-state index is 11.4. The Morgan fingerprint density at radius 3 is 3.07 bits per heavy atom. The molecular formula is C9H11ClN2O2. The van der Waals surface area contributed by atoms with Gasteiger partial charge in [0.25, 0.3) is 5.91 Å². The van der Waals surface area contributed by atoms with E-state index in [1.54, 1.807) is 13.0 Å². The van der Waals surface area contributed by atoms with E-state index in [-0.39, 0.29) is 17.6 Å². The number of carbonyl (C=O) groups excluding carboxylic acids is 1. The molecule has 0 radical (unpaired) electrons. The lowest BCUT2D eigenvalue weighted by Gasteiger charge is -2.06. The molecule has 0 spiro atoms. The van der Waals surface area contributed by atoms with Crippen LogP contribution in [-0.2, 0) is 0 Å². The number of aliphatic hydroxyl groups excluding tert-OH is 1. The number of hydrogen-bond acceptors (Lipinski definition) is 3. The Labute approximate surface area is 86.9 Å². The van der Waals surface area contributed by atoms with Gasteiger partial charge < -0.3 is 10.4 Å². The number of amides is 1. The Kier molecular flexibility index (Phi) is 3.85. The Balaban J connectivity index is 2.61. The molecule has 0 saturated carbocycles. The number of hydrogen-bond donors (Lipinski definition) is 2. The zero-order chi connectivity index (χ0) is 10.6. The maximum atomic E-state index is 11.4. The quantitative estimate of drug-likeness (QED) is 0.734. The van der Waals surface area contributed by atoms with Gasteiger partial charge >= 0.3 is 0 Å². The van der Waals surface area contributed by atoms with Crippen LogP contribution >= 0.6 is 11.6 Å². The largest absolute Gasteiger partial charge is 0.392 e. The van der Waals surface area contributed by atoms with Crippen LogP contribution in [0.3, 0.4) is 0 Å². The van der Waals surface area contributed by atoms with Crippen LogP contribution in [-0.4, -0.2) is 28.6 Å². The van der Waals surface area contributed by atoms with E-state index in [9.17, 15) is 4.79 Å². The van der Waals surface area contributed by atoms with Crippen LogP contribution in [0.1, 0.15) is 17.3 Å². The lowest BCUT2D eigenvalue weighted by atomic mass is 10.2. The highest BCUT2D eigenvalue weighted by atomic mass is 35.5. The Hall–Kier alpha value is -1.13. The number of nitrogens with one attached hydrogen (secondary N) is 1. The van der Waals surface area contributed by atoms with E-state index < -0.39 is 6.10 Å². The number of aliphatic hydroxyl groups is 1. The van der Waals surface area contributed by atoms with E-state index in [0.29, 0.717) is 5.56 Å². The van der Waals surface area contributed by atoms with E-state index in [2.05, 4.69) is 10.3 Å². The third kappa shape index (κ3) is 3.32. The minimum Gasteiger partial charge on any atom is -0.392 e. The molecule has 0 aromatic carbocycles. The van der Waals surface area contributed by atoms with Gasteiger partial charge in [-0.2, -0.15) is 0 Å². The minimum atomic E-state index is -0.559. The molecule has 76 valence electrons. The Bertz CT molecular complexity index is 328. The number of aromatic nitrogens is 1. The van der Waals surface area contributed by atoms with E-state index in [0.717, 1.165) is 0 Å². The SMILES string of the molecule is C[C@H](O)CNC(=O)c1ccnc(Cl)c1. The summed E-state index contributed by atoms with van der Waals surface area (Å²) in [7, 11) is 0. The number of pyridine rings is 1. The van der Waals surface area contributed by atoms with Crippen molar-refractivity contribution in [2.24, 2.45) is 0 Å². The smallest absolute Gasteiger partial charge is 0.251 e. The lowest BCUT2D eigenvalue weighted by Crippen LogP contribution is -2.30. The van der Waals surface area contributed by atoms with Gasteiger partial charge in [-0.15, -0.1) is 0 Å². The van der Waals surface area contributed by atoms with Gasteiger partial charge in [0, 0.05) is 18.3 Å². The summed E-state index contributed by atoms with van der Waals surface area (Å²) in [5.74, 6) is -0.268. The number of carbonyl (C=O) groups is 1. The van der Waals surface area contributed by atoms with Gasteiger partial charge in [-0.3, -0.25) is 4.79 Å². The van der Waals surface area contributed by atoms with Crippen LogP contribution in [0.5, 0.6) is 0 Å². The van der Waals surface area contributed by atoms with Crippen molar-refractivity contribution in [3.05, 3.63) is 29.0 Å². The van der Waals surface area contributed by atoms with Crippen molar-refractivity contribution in [2.45, 2.75) is 13.0 Å². The average Bonchev–Trinajstić information content (AvgIpc) is 2.14. The monoisotopic (exact) mass is 214 g/mol. The first-order valence-corrected chi connectivity index (χ1v) is 4.55. The van der Waals surface area contributed by atoms with Crippen LogP contribution in [0.25, 0.3) is 0 Å². The van der Waals surface area contributed by atoms with E-state index in [1.165, 1.54) is 12.3 Å². The maximum Gasteiger partial charge on any atom is 0.251 e. The first-order valence-electron chi connectivity index (χ1n) is 4.17. The van der Waals surface area contributed by atoms with Gasteiger partial charge in [-0.05, 0) is 19.1 Å². The summed E-state index contributed by atoms with van der Waals surface area (Å²) in [4.78, 5) is 15.1. The highest BCUT2D eigenvalue weighted by Gasteiger charge is 2.06. The summed E-state index contributed by atoms with van der Waals surface area (Å²) < 4.78 is 0. The summed E-state index contributed by atoms with van der Waals surface area (Å²) >= 11 is 5.61. The van der Waals surface area contributed by atoms with Crippen LogP contribution in [0.15, 0.2) is 18.3 Å². The predicted octanol–water partition coefficient (Wildman–Crippen LogP) is 0.846. The van der Waals surface area contributed by atoms with Gasteiger partial charge in [0.1, 0.15) is 5.15 Å². The molecule has 14 heavy (non-hydrogen) atoms. The second kappa shape index (κ2) is 4.93. The third-order valence-electron chi connectivity index (χ3n) is 1.55. The molecule has 0 aliphatic heterocycles. The summed E-state index contributed by atoms with van der Waals surface area (Å²) in [5.41, 5.74) is 0.436. The zero-order valence-electron chi connectivity index (χ0n) is 7.70. The molecule has 1 aromatic heterocycles. The summed E-state index contributed by atoms with van der Waals surface area (Å²) in [6, 6.07) is 3.03. The normalized spacial score (nSPS) is 12.2. The minimum absolute atomic E-state index is 0.221. The van der Waals surface area contributed by atoms with Crippen LogP contribution in [0.4, 0.5) is 0 Å². The number of halogens is 1. The van der Waals surface area contributed by atoms with E-state index in [4.69, 9.17) is 16.7 Å². The Morgan fingerprint density at radius 2 is 2.50 bits per heavy atom. The molecule has 4 nitrogen and oxygen atoms in total. The first-order chi connectivity index (χ1) is 6.59. The highest BCUT2D eigenvalue weighted by molar-refractivity contribution is 6.29. The summed E-state index contributed by atoms with van der Waals surface area (Å²) in [6.45, 7) is 1.82. The van der Waals surface area contributed by atoms with Crippen LogP contribution in [0.2, 0.25) is 5.15 Å². The van der Waals surface area contributed by atoms with E-state index >= 15 is 0 Å². The number of rotatable bonds is 3. The van der Waals surface area contributed by atoms with Gasteiger partial charge in [0.2, 0.25) is 0 Å². The molecular weight excluding hydrogens is 204 g/mol. The van der Waals surface area contributed by atoms with Crippen LogP contribution in [0, 0.1) is 0 Å². The molecule has 1 atom stereocenters. The fraction of sp³-hybridized carbons (Fsp3) is 0.333. The second-order valence-electron chi connectivity index (χ2n) is 2.93. The van der Waals surface area contributed by atoms with Crippen molar-refractivity contribution in [1.82, 2.24) is 10.3 Å². The van der Waals surface area contributed by atoms with Gasteiger partial charge in [0.15, 0.2) is 0 Å². The molecule has 0 bridgehead atoms. The third-order valence-corrected chi connectivity index (χ3v) is 1.75. The van der Waals surface area contributed by atoms with Crippen molar-refractivity contribution in [1.29, 1.82) is 0 Å². The predicted molar refractivity (Wildman–Crippen MR) is 53.3 cm³/mol. The van der Waals surface area contributed by atoms with Crippen molar-refractivity contribution in [3.63, 3.8) is 0 Å². The topological polar surface area (TPSA) is 62.2 Å². The fourth-order valence-electron chi connectivity index (χ4n) is 0.886. The molecule has 1 aromatic rings. The summed E-state index contributed by atoms with van der Waals surface area (Å²) in [6.07, 6.45) is 0.899. The molecule has 1 rings (SSSR count). The van der Waals surface area contributed by atoms with Gasteiger partial charge in [0.05, 0.1) is 6.10 Å². The standard InChI is InChI=1S/C9H11ClN2O2/c1-6(13)5-12-9(14)7-2-3-11-8(10)4-7/h2-4,6,13H,5H2,1H3,(H,12,14)/t6-/m0/s1. The van der Waals surface area contributed by atoms with E-state index in [1.807, 2.05) is 0 Å². The van der Waals surface area contributed by atoms with Crippen molar-refractivity contribution >= 4 is 17.5 Å². The molecule has 1 amide bonds. The first kappa shape index (κ1) is 10.9. The zero-order valence-corrected chi connectivity index (χ0v) is 8.45. The van der Waals surface area contributed by atoms with Crippen LogP contribution < -0.4 is 5.32 Å². The fourth-order valence-corrected chi connectivity index (χ4v) is 1.06. The lowest BCUT2D eigenvalue weighted by molar-refractivity contribution is 0.0924. The molecule has 0 fully saturated rings. The Morgan fingerprint density at radius 1 is 1.79 bits per heavy atom. The molecule has 1 heterocycles. The van der Waals surface area contributed by atoms with Gasteiger partial charge in [-0.25, -0.2) is 4.98 Å². The molecule has 5 heteroatoms. The molecule has 0 unspecified atom stereocenters. The average molecular weight is 215 g/mol.